The first-order chi connectivity index (χ1) is 24.0. The summed E-state index contributed by atoms with van der Waals surface area (Å²) >= 11 is 0. The van der Waals surface area contributed by atoms with E-state index in [2.05, 4.69) is 126 Å². The zero-order valence-corrected chi connectivity index (χ0v) is 30.2. The Morgan fingerprint density at radius 2 is 0.939 bits per heavy atom. The van der Waals surface area contributed by atoms with Crippen molar-refractivity contribution in [2.45, 2.75) is 6.92 Å². The molecule has 0 aliphatic heterocycles. The minimum Gasteiger partial charge on any atom is -0.489 e. The highest BCUT2D eigenvalue weighted by molar-refractivity contribution is 6.69. The van der Waals surface area contributed by atoms with Crippen LogP contribution in [0.3, 0.4) is 0 Å². The fourth-order valence-electron chi connectivity index (χ4n) is 7.06. The van der Waals surface area contributed by atoms with E-state index in [-0.39, 0.29) is 20.0 Å². The molecule has 0 fully saturated rings. The molecule has 0 saturated carbocycles. The molecule has 9 rings (SSSR count). The fourth-order valence-corrected chi connectivity index (χ4v) is 10.2. The molecule has 9 aromatic carbocycles. The van der Waals surface area contributed by atoms with Crippen molar-refractivity contribution in [2.75, 3.05) is 0 Å². The van der Waals surface area contributed by atoms with Crippen LogP contribution in [0.25, 0.3) is 86.2 Å². The molecule has 49 heavy (non-hydrogen) atoms. The van der Waals surface area contributed by atoms with Crippen molar-refractivity contribution in [3.05, 3.63) is 127 Å². The summed E-state index contributed by atoms with van der Waals surface area (Å²) in [6, 6.07) is 46.5. The highest BCUT2D eigenvalue weighted by Crippen LogP contribution is 2.36. The van der Waals surface area contributed by atoms with E-state index in [0.717, 1.165) is 26.7 Å². The van der Waals surface area contributed by atoms with Gasteiger partial charge < -0.3 is 16.8 Å². The summed E-state index contributed by atoms with van der Waals surface area (Å²) < 4.78 is 21.8. The Hall–Kier alpha value is -4.72. The second kappa shape index (κ2) is 12.3. The summed E-state index contributed by atoms with van der Waals surface area (Å²) in [5, 5.41) is 19.9. The SMILES string of the molecule is CC(=O)O[Si](O[Si]O[Si]O[Si])c1cccc2cc3cc4cc5ccc6cc7cc8cc9ccccc9cc8cc7cc6c5cc4cc3cc12. The number of carbonyl (C=O) groups excluding carboxylic acids is 1. The van der Waals surface area contributed by atoms with Gasteiger partial charge in [0.2, 0.25) is 10.5 Å². The Bertz CT molecular complexity index is 2800. The van der Waals surface area contributed by atoms with Gasteiger partial charge in [0.05, 0.1) is 0 Å². The van der Waals surface area contributed by atoms with Crippen LogP contribution in [0.2, 0.25) is 0 Å². The molecular weight excluding hydrogens is 673 g/mol. The molecule has 8 radical (unpaired) electrons. The maximum atomic E-state index is 12.0. The molecule has 0 bridgehead atoms. The third-order valence-electron chi connectivity index (χ3n) is 9.24. The van der Waals surface area contributed by atoms with Gasteiger partial charge in [-0.3, -0.25) is 4.79 Å². The Balaban J connectivity index is 1.19. The van der Waals surface area contributed by atoms with Crippen molar-refractivity contribution < 1.29 is 21.6 Å². The fraction of sp³-hybridized carbons (Fsp3) is 0.0250. The molecule has 0 heterocycles. The van der Waals surface area contributed by atoms with E-state index < -0.39 is 15.3 Å². The lowest BCUT2D eigenvalue weighted by molar-refractivity contribution is -0.132. The van der Waals surface area contributed by atoms with Gasteiger partial charge in [-0.2, -0.15) is 0 Å². The predicted octanol–water partition coefficient (Wildman–Crippen LogP) is 8.37. The summed E-state index contributed by atoms with van der Waals surface area (Å²) in [7, 11) is 0.222. The molecule has 0 aromatic heterocycles. The molecule has 0 spiro atoms. The zero-order valence-electron chi connectivity index (χ0n) is 26.2. The lowest BCUT2D eigenvalue weighted by Crippen LogP contribution is -2.40. The third-order valence-corrected chi connectivity index (χ3v) is 12.7. The molecule has 9 heteroatoms. The predicted molar refractivity (Wildman–Crippen MR) is 204 cm³/mol. The van der Waals surface area contributed by atoms with Crippen molar-refractivity contribution in [3.63, 3.8) is 0 Å². The van der Waals surface area contributed by atoms with E-state index in [4.69, 9.17) is 16.8 Å². The van der Waals surface area contributed by atoms with Crippen molar-refractivity contribution in [2.24, 2.45) is 0 Å². The largest absolute Gasteiger partial charge is 0.490 e. The molecule has 230 valence electrons. The first-order valence-corrected chi connectivity index (χ1v) is 19.1. The van der Waals surface area contributed by atoms with E-state index in [1.807, 2.05) is 12.1 Å². The van der Waals surface area contributed by atoms with Gasteiger partial charge in [-0.1, -0.05) is 54.6 Å². The van der Waals surface area contributed by atoms with Crippen molar-refractivity contribution in [1.29, 1.82) is 0 Å². The highest BCUT2D eigenvalue weighted by Gasteiger charge is 2.26. The Morgan fingerprint density at radius 1 is 0.510 bits per heavy atom. The van der Waals surface area contributed by atoms with E-state index >= 15 is 0 Å². The molecule has 5 nitrogen and oxygen atoms in total. The molecule has 0 amide bonds. The van der Waals surface area contributed by atoms with Gasteiger partial charge in [0.1, 0.15) is 0 Å². The van der Waals surface area contributed by atoms with Gasteiger partial charge >= 0.3 is 29.3 Å². The normalized spacial score (nSPS) is 12.1. The zero-order chi connectivity index (χ0) is 33.1. The summed E-state index contributed by atoms with van der Waals surface area (Å²) in [6.45, 7) is 1.40. The first-order valence-electron chi connectivity index (χ1n) is 15.7. The minimum absolute atomic E-state index is 0.223. The minimum atomic E-state index is -2.16. The highest BCUT2D eigenvalue weighted by atomic mass is 28.4. The molecule has 0 aliphatic rings. The standard InChI is InChI=1S/C40H24O5Si4/c1-23(41)42-49(45-48-44-47-43-46)40-8-4-7-26-13-31-17-33-15-28-10-9-27-14-32-16-29-11-24-5-2-3-6-25(24)12-30(29)18-34(32)20-37(27)38(28)21-35(33)19-36(31)22-39(26)40/h2-22H,1H3. The maximum absolute atomic E-state index is 12.0. The van der Waals surface area contributed by atoms with Crippen LogP contribution in [0.4, 0.5) is 0 Å². The number of fused-ring (bicyclic) bond motifs is 9. The average Bonchev–Trinajstić information content (AvgIpc) is 3.10. The molecule has 0 N–H and O–H groups in total. The number of benzene rings is 9. The van der Waals surface area contributed by atoms with Crippen LogP contribution in [-0.4, -0.2) is 45.8 Å². The molecule has 0 saturated heterocycles. The van der Waals surface area contributed by atoms with Crippen LogP contribution < -0.4 is 5.19 Å². The van der Waals surface area contributed by atoms with E-state index in [0.29, 0.717) is 0 Å². The summed E-state index contributed by atoms with van der Waals surface area (Å²) in [4.78, 5) is 12.0. The van der Waals surface area contributed by atoms with Gasteiger partial charge in [-0.05, 0) is 159 Å². The van der Waals surface area contributed by atoms with Gasteiger partial charge in [0.25, 0.3) is 5.97 Å². The number of rotatable bonds is 7. The summed E-state index contributed by atoms with van der Waals surface area (Å²) in [5.41, 5.74) is 0. The molecular formula is C40H24O5Si4. The quantitative estimate of drug-likeness (QED) is 0.0726. The van der Waals surface area contributed by atoms with E-state index in [1.54, 1.807) is 0 Å². The van der Waals surface area contributed by atoms with Crippen LogP contribution in [0.15, 0.2) is 127 Å². The van der Waals surface area contributed by atoms with Crippen molar-refractivity contribution in [3.8, 4) is 0 Å². The third kappa shape index (κ3) is 5.55. The van der Waals surface area contributed by atoms with Crippen molar-refractivity contribution >= 4 is 137 Å². The number of hydrogen-bond acceptors (Lipinski definition) is 5. The Kier molecular flexibility index (Phi) is 7.62. The maximum Gasteiger partial charge on any atom is 0.490 e. The van der Waals surface area contributed by atoms with E-state index in [1.165, 1.54) is 71.6 Å². The van der Waals surface area contributed by atoms with Crippen LogP contribution in [0, 0.1) is 0 Å². The van der Waals surface area contributed by atoms with Crippen LogP contribution >= 0.6 is 0 Å². The van der Waals surface area contributed by atoms with Crippen molar-refractivity contribution in [1.82, 2.24) is 0 Å². The van der Waals surface area contributed by atoms with E-state index in [9.17, 15) is 4.79 Å². The Labute approximate surface area is 291 Å². The second-order valence-corrected chi connectivity index (χ2v) is 16.3. The summed E-state index contributed by atoms with van der Waals surface area (Å²) in [6.07, 6.45) is 0. The lowest BCUT2D eigenvalue weighted by atomic mass is 9.93. The van der Waals surface area contributed by atoms with Crippen LogP contribution in [0.1, 0.15) is 6.92 Å². The van der Waals surface area contributed by atoms with Crippen LogP contribution in [0.5, 0.6) is 0 Å². The van der Waals surface area contributed by atoms with Gasteiger partial charge in [-0.15, -0.1) is 0 Å². The Morgan fingerprint density at radius 3 is 1.45 bits per heavy atom. The topological polar surface area (TPSA) is 54.0 Å². The summed E-state index contributed by atoms with van der Waals surface area (Å²) in [5.74, 6) is -0.394. The number of carbonyl (C=O) groups is 1. The lowest BCUT2D eigenvalue weighted by Gasteiger charge is -2.16. The average molecular weight is 697 g/mol. The molecule has 0 atom stereocenters. The second-order valence-electron chi connectivity index (χ2n) is 12.2. The van der Waals surface area contributed by atoms with Gasteiger partial charge in [0, 0.05) is 12.1 Å². The van der Waals surface area contributed by atoms with Crippen LogP contribution in [-0.2, 0) is 21.6 Å². The van der Waals surface area contributed by atoms with Gasteiger partial charge in [-0.25, -0.2) is 0 Å². The van der Waals surface area contributed by atoms with Gasteiger partial charge in [0.15, 0.2) is 0 Å². The first kappa shape index (κ1) is 30.3. The molecule has 9 aromatic rings. The monoisotopic (exact) mass is 696 g/mol. The molecule has 0 aliphatic carbocycles. The smallest absolute Gasteiger partial charge is 0.489 e. The number of hydrogen-bond donors (Lipinski definition) is 0. The molecule has 0 unspecified atom stereocenters.